The Balaban J connectivity index is 0.00000307. The van der Waals surface area contributed by atoms with Crippen LogP contribution in [0.4, 0.5) is 10.1 Å². The van der Waals surface area contributed by atoms with Crippen LogP contribution in [0.25, 0.3) is 0 Å². The Morgan fingerprint density at radius 1 is 1.17 bits per heavy atom. The maximum absolute atomic E-state index is 15.5. The van der Waals surface area contributed by atoms with Crippen molar-refractivity contribution in [3.63, 3.8) is 0 Å². The fourth-order valence-electron chi connectivity index (χ4n) is 6.06. The summed E-state index contributed by atoms with van der Waals surface area (Å²) in [6.45, 7) is 6.74. The van der Waals surface area contributed by atoms with Gasteiger partial charge in [0.1, 0.15) is 36.2 Å². The number of methoxy groups -OCH3 is 1. The van der Waals surface area contributed by atoms with E-state index in [9.17, 15) is 9.59 Å². The van der Waals surface area contributed by atoms with Crippen LogP contribution in [0.5, 0.6) is 5.75 Å². The van der Waals surface area contributed by atoms with E-state index >= 15 is 4.39 Å². The van der Waals surface area contributed by atoms with Crippen LogP contribution >= 0.6 is 0 Å². The highest BCUT2D eigenvalue weighted by molar-refractivity contribution is 5.81. The molecule has 4 N–H and O–H groups in total. The zero-order chi connectivity index (χ0) is 34.9. The monoisotopic (exact) mass is 660 g/mol. The predicted octanol–water partition coefficient (Wildman–Crippen LogP) is 4.99. The highest BCUT2D eigenvalue weighted by Crippen LogP contribution is 2.34. The van der Waals surface area contributed by atoms with Crippen LogP contribution in [-0.4, -0.2) is 57.0 Å². The molecule has 0 aliphatic carbocycles. The molecule has 2 atom stereocenters. The average Bonchev–Trinajstić information content (AvgIpc) is 3.13. The Hall–Kier alpha value is -4.37. The first-order valence-electron chi connectivity index (χ1n) is 16.6. The van der Waals surface area contributed by atoms with Crippen molar-refractivity contribution < 1.29 is 23.5 Å². The largest absolute Gasteiger partial charge is 0.488 e. The first kappa shape index (κ1) is 38.1. The minimum absolute atomic E-state index is 0.0177. The second-order valence-electron chi connectivity index (χ2n) is 11.4. The third-order valence-electron chi connectivity index (χ3n) is 8.67. The number of piperidine rings is 1. The number of amides is 1. The Morgan fingerprint density at radius 3 is 2.54 bits per heavy atom. The molecule has 2 heterocycles. The van der Waals surface area contributed by atoms with Gasteiger partial charge in [-0.05, 0) is 73.0 Å². The number of pyridine rings is 1. The number of likely N-dealkylation sites (N-methyl/N-ethyl adjacent to an activating group) is 1. The number of carbonyl (C=O) groups excluding carboxylic acids is 2. The van der Waals surface area contributed by atoms with Gasteiger partial charge in [-0.15, -0.1) is 0 Å². The molecule has 11 heteroatoms. The van der Waals surface area contributed by atoms with Gasteiger partial charge in [0.15, 0.2) is 0 Å². The summed E-state index contributed by atoms with van der Waals surface area (Å²) >= 11 is 0. The van der Waals surface area contributed by atoms with Crippen molar-refractivity contribution in [3.05, 3.63) is 88.5 Å². The number of aldehydes is 1. The number of rotatable bonds is 16. The molecule has 258 valence electrons. The summed E-state index contributed by atoms with van der Waals surface area (Å²) in [6.07, 6.45) is 4.98. The van der Waals surface area contributed by atoms with E-state index in [4.69, 9.17) is 20.5 Å². The molecule has 48 heavy (non-hydrogen) atoms. The number of ether oxygens (including phenoxy) is 2. The molecule has 0 spiro atoms. The minimum Gasteiger partial charge on any atom is -0.488 e. The van der Waals surface area contributed by atoms with Gasteiger partial charge in [0.05, 0.1) is 24.5 Å². The minimum atomic E-state index is -0.556. The fraction of sp³-hybridized carbons (Fsp3) is 0.459. The van der Waals surface area contributed by atoms with E-state index in [1.54, 1.807) is 38.6 Å². The molecule has 1 amide bonds. The Labute approximate surface area is 283 Å². The van der Waals surface area contributed by atoms with Gasteiger partial charge in [0, 0.05) is 51.3 Å². The van der Waals surface area contributed by atoms with E-state index in [1.807, 2.05) is 50.2 Å². The SMILES string of the molecule is CC.CNC(=O)[C@H](CCC=O)NCc1c(COC)cccc1OCc1ccc(C(CN)C2CCN(c3ccc(C#N)nc3)CC2)cc1F. The summed E-state index contributed by atoms with van der Waals surface area (Å²) in [5, 5.41) is 14.9. The number of benzene rings is 2. The molecular weight excluding hydrogens is 611 g/mol. The average molecular weight is 661 g/mol. The molecule has 1 aromatic heterocycles. The number of nitrogens with one attached hydrogen (secondary N) is 2. The maximum atomic E-state index is 15.5. The Bertz CT molecular complexity index is 1490. The summed E-state index contributed by atoms with van der Waals surface area (Å²) in [5.41, 5.74) is 10.6. The maximum Gasteiger partial charge on any atom is 0.236 e. The van der Waals surface area contributed by atoms with Crippen LogP contribution in [0, 0.1) is 23.1 Å². The summed E-state index contributed by atoms with van der Waals surface area (Å²) < 4.78 is 27.0. The van der Waals surface area contributed by atoms with E-state index in [0.717, 1.165) is 54.6 Å². The number of nitrogens with zero attached hydrogens (tertiary/aromatic N) is 3. The van der Waals surface area contributed by atoms with E-state index in [0.29, 0.717) is 49.0 Å². The highest BCUT2D eigenvalue weighted by Gasteiger charge is 2.28. The zero-order valence-corrected chi connectivity index (χ0v) is 28.5. The molecule has 1 unspecified atom stereocenters. The van der Waals surface area contributed by atoms with Crippen LogP contribution in [0.3, 0.4) is 0 Å². The van der Waals surface area contributed by atoms with Gasteiger partial charge in [0.25, 0.3) is 0 Å². The molecule has 1 fully saturated rings. The van der Waals surface area contributed by atoms with Gasteiger partial charge in [-0.3, -0.25) is 4.79 Å². The number of hydrogen-bond acceptors (Lipinski definition) is 9. The predicted molar refractivity (Wildman–Crippen MR) is 185 cm³/mol. The van der Waals surface area contributed by atoms with Gasteiger partial charge >= 0.3 is 0 Å². The van der Waals surface area contributed by atoms with Crippen molar-refractivity contribution in [1.29, 1.82) is 5.26 Å². The van der Waals surface area contributed by atoms with Crippen LogP contribution in [0.1, 0.15) is 73.4 Å². The van der Waals surface area contributed by atoms with Crippen molar-refractivity contribution in [2.45, 2.75) is 71.2 Å². The van der Waals surface area contributed by atoms with Gasteiger partial charge in [-0.1, -0.05) is 38.1 Å². The number of hydrogen-bond donors (Lipinski definition) is 3. The first-order valence-corrected chi connectivity index (χ1v) is 16.6. The normalized spacial score (nSPS) is 14.2. The van der Waals surface area contributed by atoms with Crippen molar-refractivity contribution in [2.75, 3.05) is 38.7 Å². The van der Waals surface area contributed by atoms with Gasteiger partial charge < -0.3 is 35.5 Å². The molecule has 0 radical (unpaired) electrons. The summed E-state index contributed by atoms with van der Waals surface area (Å²) in [6, 6.07) is 16.0. The molecule has 1 saturated heterocycles. The number of anilines is 1. The van der Waals surface area contributed by atoms with Crippen molar-refractivity contribution >= 4 is 17.9 Å². The summed E-state index contributed by atoms with van der Waals surface area (Å²) in [4.78, 5) is 29.7. The number of nitriles is 1. The van der Waals surface area contributed by atoms with Gasteiger partial charge in [-0.2, -0.15) is 5.26 Å². The lowest BCUT2D eigenvalue weighted by Gasteiger charge is -2.37. The van der Waals surface area contributed by atoms with E-state index in [-0.39, 0.29) is 30.7 Å². The molecule has 1 aliphatic heterocycles. The first-order chi connectivity index (χ1) is 23.4. The third-order valence-corrected chi connectivity index (χ3v) is 8.67. The number of aromatic nitrogens is 1. The standard InChI is InChI=1S/C35H43FN6O4.C2H6/c1-39-35(44)33(6-4-16-43)41-21-31-26(22-45-2)5-3-7-34(31)46-23-27-9-8-25(17-32(27)36)30(19-38)24-12-14-42(15-13-24)29-11-10-28(18-37)40-20-29;1-2/h3,5,7-11,16-17,20,24,30,33,41H,4,6,12-15,19,21-23,38H2,1-2H3,(H,39,44);1-2H3/t30?,33-;/m0./s1. The topological polar surface area (TPSA) is 143 Å². The lowest BCUT2D eigenvalue weighted by atomic mass is 9.79. The molecule has 1 aliphatic rings. The van der Waals surface area contributed by atoms with Gasteiger partial charge in [-0.25, -0.2) is 9.37 Å². The van der Waals surface area contributed by atoms with Crippen LogP contribution < -0.4 is 26.0 Å². The quantitative estimate of drug-likeness (QED) is 0.181. The summed E-state index contributed by atoms with van der Waals surface area (Å²) in [5.74, 6) is 0.346. The smallest absolute Gasteiger partial charge is 0.236 e. The summed E-state index contributed by atoms with van der Waals surface area (Å²) in [7, 11) is 3.16. The van der Waals surface area contributed by atoms with E-state index in [1.165, 1.54) is 0 Å². The second-order valence-corrected chi connectivity index (χ2v) is 11.4. The zero-order valence-electron chi connectivity index (χ0n) is 28.5. The van der Waals surface area contributed by atoms with Crippen molar-refractivity contribution in [1.82, 2.24) is 15.6 Å². The third kappa shape index (κ3) is 10.3. The molecular formula is C37H49FN6O4. The number of halogens is 1. The lowest BCUT2D eigenvalue weighted by molar-refractivity contribution is -0.123. The molecule has 3 aromatic rings. The van der Waals surface area contributed by atoms with E-state index < -0.39 is 6.04 Å². The van der Waals surface area contributed by atoms with Crippen molar-refractivity contribution in [3.8, 4) is 11.8 Å². The second kappa shape index (κ2) is 20.1. The van der Waals surface area contributed by atoms with Crippen LogP contribution in [0.15, 0.2) is 54.7 Å². The molecule has 4 rings (SSSR count). The Kier molecular flexibility index (Phi) is 15.9. The molecule has 0 saturated carbocycles. The lowest BCUT2D eigenvalue weighted by Crippen LogP contribution is -2.42. The van der Waals surface area contributed by atoms with Crippen LogP contribution in [0.2, 0.25) is 0 Å². The molecule has 10 nitrogen and oxygen atoms in total. The van der Waals surface area contributed by atoms with Crippen molar-refractivity contribution in [2.24, 2.45) is 11.7 Å². The fourth-order valence-corrected chi connectivity index (χ4v) is 6.06. The van der Waals surface area contributed by atoms with Crippen LogP contribution in [-0.2, 0) is 34.1 Å². The Morgan fingerprint density at radius 2 is 1.94 bits per heavy atom. The van der Waals surface area contributed by atoms with E-state index in [2.05, 4.69) is 20.5 Å². The number of carbonyl (C=O) groups is 2. The molecule has 0 bridgehead atoms. The van der Waals surface area contributed by atoms with Gasteiger partial charge in [0.2, 0.25) is 5.91 Å². The number of nitrogens with two attached hydrogens (primary N) is 1. The molecule has 2 aromatic carbocycles. The highest BCUT2D eigenvalue weighted by atomic mass is 19.1.